The molecule has 0 unspecified atom stereocenters. The van der Waals surface area contributed by atoms with Crippen molar-refractivity contribution < 1.29 is 4.79 Å². The zero-order valence-electron chi connectivity index (χ0n) is 15.0. The van der Waals surface area contributed by atoms with Crippen molar-refractivity contribution in [2.45, 2.75) is 71.1 Å². The van der Waals surface area contributed by atoms with Crippen molar-refractivity contribution in [2.75, 3.05) is 6.54 Å². The highest BCUT2D eigenvalue weighted by Crippen LogP contribution is 2.57. The molecule has 0 N–H and O–H groups in total. The Labute approximate surface area is 140 Å². The fourth-order valence-corrected chi connectivity index (χ4v) is 5.41. The van der Waals surface area contributed by atoms with Crippen LogP contribution in [-0.4, -0.2) is 12.6 Å². The first-order chi connectivity index (χ1) is 10.9. The van der Waals surface area contributed by atoms with Gasteiger partial charge in [0.15, 0.2) is 0 Å². The zero-order valence-corrected chi connectivity index (χ0v) is 15.0. The lowest BCUT2D eigenvalue weighted by Crippen LogP contribution is -2.50. The van der Waals surface area contributed by atoms with Crippen LogP contribution in [0, 0.1) is 11.3 Å². The third-order valence-corrected chi connectivity index (χ3v) is 6.67. The summed E-state index contributed by atoms with van der Waals surface area (Å²) in [7, 11) is 0. The number of aliphatic imine (C=N–C) groups is 1. The molecule has 0 spiro atoms. The second-order valence-corrected chi connectivity index (χ2v) is 8.50. The Kier molecular flexibility index (Phi) is 4.23. The van der Waals surface area contributed by atoms with Crippen molar-refractivity contribution in [3.05, 3.63) is 34.9 Å². The zero-order chi connectivity index (χ0) is 16.7. The Bertz CT molecular complexity index is 643. The molecular formula is C21H29NO. The van der Waals surface area contributed by atoms with Crippen LogP contribution in [0.2, 0.25) is 0 Å². The van der Waals surface area contributed by atoms with Gasteiger partial charge in [-0.05, 0) is 65.0 Å². The summed E-state index contributed by atoms with van der Waals surface area (Å²) < 4.78 is 0. The van der Waals surface area contributed by atoms with E-state index in [0.29, 0.717) is 18.4 Å². The highest BCUT2D eigenvalue weighted by Gasteiger charge is 2.51. The van der Waals surface area contributed by atoms with Gasteiger partial charge in [-0.25, -0.2) is 9.79 Å². The number of hydrogen-bond acceptors (Lipinski definition) is 2. The molecule has 0 amide bonds. The van der Waals surface area contributed by atoms with Crippen LogP contribution >= 0.6 is 0 Å². The van der Waals surface area contributed by atoms with E-state index in [0.717, 1.165) is 6.42 Å². The van der Waals surface area contributed by atoms with Crippen LogP contribution in [0.4, 0.5) is 0 Å². The number of rotatable bonds is 3. The summed E-state index contributed by atoms with van der Waals surface area (Å²) in [5.74, 6) is 1.20. The van der Waals surface area contributed by atoms with Crippen molar-refractivity contribution in [3.63, 3.8) is 0 Å². The van der Waals surface area contributed by atoms with Gasteiger partial charge in [-0.3, -0.25) is 0 Å². The molecule has 1 aromatic carbocycles. The molecule has 1 fully saturated rings. The number of hydrogen-bond donors (Lipinski definition) is 0. The average molecular weight is 311 g/mol. The maximum absolute atomic E-state index is 10.6. The summed E-state index contributed by atoms with van der Waals surface area (Å²) in [6.07, 6.45) is 7.80. The Morgan fingerprint density at radius 3 is 2.78 bits per heavy atom. The smallest absolute Gasteiger partial charge is 0.211 e. The minimum absolute atomic E-state index is 0.138. The first-order valence-corrected chi connectivity index (χ1v) is 9.08. The summed E-state index contributed by atoms with van der Waals surface area (Å²) >= 11 is 0. The molecule has 1 aromatic rings. The standard InChI is InChI=1S/C21H29NO/c1-15(2)16-6-8-18-17(12-16)7-9-19-20(3,13-22-14-23)10-5-11-21(18,19)4/h6,8,12,15,19H,5,7,9-11,13H2,1-4H3/t19-,20+,21+/m0/s1. The van der Waals surface area contributed by atoms with E-state index in [2.05, 4.69) is 50.9 Å². The van der Waals surface area contributed by atoms with Crippen LogP contribution in [0.5, 0.6) is 0 Å². The SMILES string of the molecule is CC(C)c1ccc2c(c1)CC[C@H]1[C@@](C)(CN=C=O)CCC[C@]21C. The summed E-state index contributed by atoms with van der Waals surface area (Å²) in [5, 5.41) is 0. The van der Waals surface area contributed by atoms with E-state index in [4.69, 9.17) is 0 Å². The van der Waals surface area contributed by atoms with Crippen molar-refractivity contribution in [3.8, 4) is 0 Å². The Morgan fingerprint density at radius 1 is 1.30 bits per heavy atom. The molecule has 2 aliphatic carbocycles. The molecule has 0 radical (unpaired) electrons. The molecule has 0 heterocycles. The van der Waals surface area contributed by atoms with E-state index in [1.807, 2.05) is 0 Å². The molecule has 23 heavy (non-hydrogen) atoms. The number of aryl methyl sites for hydroxylation is 1. The van der Waals surface area contributed by atoms with Crippen LogP contribution < -0.4 is 0 Å². The second kappa shape index (κ2) is 5.91. The Morgan fingerprint density at radius 2 is 2.09 bits per heavy atom. The van der Waals surface area contributed by atoms with Gasteiger partial charge in [0.25, 0.3) is 0 Å². The van der Waals surface area contributed by atoms with Gasteiger partial charge >= 0.3 is 0 Å². The molecular weight excluding hydrogens is 282 g/mol. The molecule has 3 atom stereocenters. The lowest BCUT2D eigenvalue weighted by atomic mass is 9.50. The van der Waals surface area contributed by atoms with Gasteiger partial charge in [0.1, 0.15) is 0 Å². The van der Waals surface area contributed by atoms with Gasteiger partial charge in [-0.1, -0.05) is 52.3 Å². The minimum Gasteiger partial charge on any atom is -0.211 e. The maximum atomic E-state index is 10.6. The summed E-state index contributed by atoms with van der Waals surface area (Å²) in [4.78, 5) is 14.6. The van der Waals surface area contributed by atoms with Crippen molar-refractivity contribution in [1.29, 1.82) is 0 Å². The predicted molar refractivity (Wildman–Crippen MR) is 94.6 cm³/mol. The Hall–Kier alpha value is -1.40. The van der Waals surface area contributed by atoms with Gasteiger partial charge in [0.2, 0.25) is 6.08 Å². The summed E-state index contributed by atoms with van der Waals surface area (Å²) in [6, 6.07) is 7.16. The minimum atomic E-state index is 0.138. The molecule has 124 valence electrons. The predicted octanol–water partition coefficient (Wildman–Crippen LogP) is 5.16. The van der Waals surface area contributed by atoms with E-state index >= 15 is 0 Å². The highest BCUT2D eigenvalue weighted by atomic mass is 16.1. The number of fused-ring (bicyclic) bond motifs is 3. The number of isocyanates is 1. The van der Waals surface area contributed by atoms with Crippen LogP contribution in [0.25, 0.3) is 0 Å². The summed E-state index contributed by atoms with van der Waals surface area (Å²) in [5.41, 5.74) is 4.93. The fourth-order valence-electron chi connectivity index (χ4n) is 5.41. The maximum Gasteiger partial charge on any atom is 0.234 e. The van der Waals surface area contributed by atoms with Gasteiger partial charge in [-0.15, -0.1) is 0 Å². The Balaban J connectivity index is 2.02. The fraction of sp³-hybridized carbons (Fsp3) is 0.667. The quantitative estimate of drug-likeness (QED) is 0.560. The number of nitrogens with zero attached hydrogens (tertiary/aromatic N) is 1. The normalized spacial score (nSPS) is 32.8. The third-order valence-electron chi connectivity index (χ3n) is 6.67. The molecule has 0 aliphatic heterocycles. The molecule has 3 rings (SSSR count). The van der Waals surface area contributed by atoms with E-state index < -0.39 is 0 Å². The number of carbonyl (C=O) groups excluding carboxylic acids is 1. The first-order valence-electron chi connectivity index (χ1n) is 9.08. The van der Waals surface area contributed by atoms with E-state index in [-0.39, 0.29) is 10.8 Å². The van der Waals surface area contributed by atoms with Crippen LogP contribution in [0.15, 0.2) is 23.2 Å². The monoisotopic (exact) mass is 311 g/mol. The third kappa shape index (κ3) is 2.68. The van der Waals surface area contributed by atoms with E-state index in [1.165, 1.54) is 31.2 Å². The summed E-state index contributed by atoms with van der Waals surface area (Å²) in [6.45, 7) is 9.96. The lowest BCUT2D eigenvalue weighted by Gasteiger charge is -2.55. The topological polar surface area (TPSA) is 29.4 Å². The van der Waals surface area contributed by atoms with E-state index in [1.54, 1.807) is 17.2 Å². The highest BCUT2D eigenvalue weighted by molar-refractivity contribution is 5.42. The van der Waals surface area contributed by atoms with Crippen LogP contribution in [0.3, 0.4) is 0 Å². The van der Waals surface area contributed by atoms with Crippen LogP contribution in [0.1, 0.15) is 76.0 Å². The molecule has 2 nitrogen and oxygen atoms in total. The van der Waals surface area contributed by atoms with E-state index in [9.17, 15) is 4.79 Å². The molecule has 0 saturated heterocycles. The molecule has 0 bridgehead atoms. The van der Waals surface area contributed by atoms with Gasteiger partial charge < -0.3 is 0 Å². The molecule has 2 aliphatic rings. The molecule has 2 heteroatoms. The first kappa shape index (κ1) is 16.5. The largest absolute Gasteiger partial charge is 0.234 e. The van der Waals surface area contributed by atoms with Crippen LogP contribution in [-0.2, 0) is 16.6 Å². The molecule has 0 aromatic heterocycles. The molecule has 1 saturated carbocycles. The van der Waals surface area contributed by atoms with Crippen molar-refractivity contribution in [1.82, 2.24) is 0 Å². The van der Waals surface area contributed by atoms with Gasteiger partial charge in [0, 0.05) is 0 Å². The van der Waals surface area contributed by atoms with Crippen molar-refractivity contribution in [2.24, 2.45) is 16.3 Å². The van der Waals surface area contributed by atoms with Gasteiger partial charge in [-0.2, -0.15) is 0 Å². The average Bonchev–Trinajstić information content (AvgIpc) is 2.52. The van der Waals surface area contributed by atoms with Crippen molar-refractivity contribution >= 4 is 6.08 Å². The lowest BCUT2D eigenvalue weighted by molar-refractivity contribution is 0.0331. The van der Waals surface area contributed by atoms with Gasteiger partial charge in [0.05, 0.1) is 6.54 Å². The second-order valence-electron chi connectivity index (χ2n) is 8.50. The number of benzene rings is 1.